The highest BCUT2D eigenvalue weighted by Gasteiger charge is 2.07. The number of nitrogens with two attached hydrogens (primary N) is 1. The lowest BCUT2D eigenvalue weighted by Crippen LogP contribution is -2.23. The zero-order chi connectivity index (χ0) is 14.7. The number of nitrogens with one attached hydrogen (secondary N) is 2. The Bertz CT molecular complexity index is 775. The minimum atomic E-state index is 0.106. The topological polar surface area (TPSA) is 92.2 Å². The van der Waals surface area contributed by atoms with Gasteiger partial charge in [0, 0.05) is 0 Å². The number of aromatic nitrogens is 2. The molecule has 0 fully saturated rings. The van der Waals surface area contributed by atoms with E-state index in [0.29, 0.717) is 10.9 Å². The number of imidazole rings is 1. The van der Waals surface area contributed by atoms with Crippen LogP contribution in [-0.2, 0) is 0 Å². The summed E-state index contributed by atoms with van der Waals surface area (Å²) < 4.78 is 5.59. The minimum Gasteiger partial charge on any atom is -0.448 e. The van der Waals surface area contributed by atoms with E-state index in [2.05, 4.69) is 32.7 Å². The number of aromatic amines is 1. The normalized spacial score (nSPS) is 11.2. The van der Waals surface area contributed by atoms with Crippen molar-refractivity contribution in [1.82, 2.24) is 15.4 Å². The third-order valence-electron chi connectivity index (χ3n) is 2.53. The second-order valence-corrected chi connectivity index (χ2v) is 5.49. The molecule has 0 amide bonds. The lowest BCUT2D eigenvalue weighted by atomic mass is 10.3. The molecular formula is C13H11N5OS2. The van der Waals surface area contributed by atoms with Gasteiger partial charge in [-0.15, -0.1) is 0 Å². The molecule has 106 valence electrons. The van der Waals surface area contributed by atoms with Crippen molar-refractivity contribution < 1.29 is 4.42 Å². The molecule has 0 radical (unpaired) electrons. The molecule has 0 aliphatic heterocycles. The molecule has 2 heterocycles. The first-order valence-corrected chi connectivity index (χ1v) is 7.24. The second kappa shape index (κ2) is 5.98. The van der Waals surface area contributed by atoms with Crippen LogP contribution in [-0.4, -0.2) is 21.3 Å². The maximum atomic E-state index is 5.59. The number of para-hydroxylation sites is 2. The van der Waals surface area contributed by atoms with Gasteiger partial charge in [-0.2, -0.15) is 5.10 Å². The van der Waals surface area contributed by atoms with Gasteiger partial charge in [0.2, 0.25) is 0 Å². The van der Waals surface area contributed by atoms with Crippen molar-refractivity contribution in [3.8, 4) is 0 Å². The molecule has 0 bridgehead atoms. The molecule has 0 aliphatic carbocycles. The van der Waals surface area contributed by atoms with Crippen molar-refractivity contribution in [1.29, 1.82) is 0 Å². The number of nitrogens with zero attached hydrogens (tertiary/aromatic N) is 2. The highest BCUT2D eigenvalue weighted by Crippen LogP contribution is 2.28. The van der Waals surface area contributed by atoms with Crippen molar-refractivity contribution in [3.05, 3.63) is 42.2 Å². The summed E-state index contributed by atoms with van der Waals surface area (Å²) in [4.78, 5) is 7.69. The van der Waals surface area contributed by atoms with Gasteiger partial charge in [-0.25, -0.2) is 4.98 Å². The van der Waals surface area contributed by atoms with Crippen LogP contribution in [0.3, 0.4) is 0 Å². The number of thiocarbonyl (C=S) groups is 1. The quantitative estimate of drug-likeness (QED) is 0.389. The summed E-state index contributed by atoms with van der Waals surface area (Å²) in [6.45, 7) is 0. The van der Waals surface area contributed by atoms with Gasteiger partial charge in [0.1, 0.15) is 5.76 Å². The van der Waals surface area contributed by atoms with E-state index in [0.717, 1.165) is 16.2 Å². The van der Waals surface area contributed by atoms with Crippen molar-refractivity contribution in [2.75, 3.05) is 0 Å². The van der Waals surface area contributed by atoms with Gasteiger partial charge < -0.3 is 15.1 Å². The first kappa shape index (κ1) is 13.7. The predicted octanol–water partition coefficient (Wildman–Crippen LogP) is 2.47. The zero-order valence-corrected chi connectivity index (χ0v) is 12.4. The van der Waals surface area contributed by atoms with Crippen LogP contribution in [0.15, 0.2) is 56.2 Å². The van der Waals surface area contributed by atoms with Crippen LogP contribution in [0.5, 0.6) is 0 Å². The summed E-state index contributed by atoms with van der Waals surface area (Å²) >= 11 is 6.05. The molecule has 0 unspecified atom stereocenters. The van der Waals surface area contributed by atoms with Crippen molar-refractivity contribution in [2.45, 2.75) is 10.2 Å². The second-order valence-electron chi connectivity index (χ2n) is 4.05. The molecule has 2 aromatic heterocycles. The van der Waals surface area contributed by atoms with Crippen LogP contribution in [0.4, 0.5) is 0 Å². The third kappa shape index (κ3) is 3.41. The maximum absolute atomic E-state index is 5.59. The predicted molar refractivity (Wildman–Crippen MR) is 86.4 cm³/mol. The van der Waals surface area contributed by atoms with E-state index >= 15 is 0 Å². The zero-order valence-electron chi connectivity index (χ0n) is 10.7. The van der Waals surface area contributed by atoms with Crippen LogP contribution >= 0.6 is 24.0 Å². The fourth-order valence-corrected chi connectivity index (χ4v) is 2.51. The Morgan fingerprint density at radius 3 is 3.05 bits per heavy atom. The molecule has 6 nitrogen and oxygen atoms in total. The largest absolute Gasteiger partial charge is 0.448 e. The van der Waals surface area contributed by atoms with Gasteiger partial charge in [-0.05, 0) is 48.2 Å². The lowest BCUT2D eigenvalue weighted by molar-refractivity contribution is 0.468. The summed E-state index contributed by atoms with van der Waals surface area (Å²) in [6, 6.07) is 11.5. The number of hydrogen-bond acceptors (Lipinski definition) is 5. The van der Waals surface area contributed by atoms with Crippen molar-refractivity contribution in [2.24, 2.45) is 10.8 Å². The van der Waals surface area contributed by atoms with Gasteiger partial charge in [0.15, 0.2) is 15.4 Å². The van der Waals surface area contributed by atoms with E-state index in [1.807, 2.05) is 30.3 Å². The highest BCUT2D eigenvalue weighted by atomic mass is 32.2. The van der Waals surface area contributed by atoms with Crippen LogP contribution in [0.2, 0.25) is 0 Å². The molecule has 3 aromatic rings. The SMILES string of the molecule is NC(=S)N/N=C\c1ccc(Sc2nc3ccccc3[nH]2)o1. The lowest BCUT2D eigenvalue weighted by Gasteiger charge is -1.92. The average Bonchev–Trinajstić information content (AvgIpc) is 3.04. The van der Waals surface area contributed by atoms with Crippen LogP contribution < -0.4 is 11.2 Å². The van der Waals surface area contributed by atoms with E-state index in [1.165, 1.54) is 18.0 Å². The molecule has 0 saturated carbocycles. The van der Waals surface area contributed by atoms with Gasteiger partial charge in [-0.1, -0.05) is 12.1 Å². The summed E-state index contributed by atoms with van der Waals surface area (Å²) in [7, 11) is 0. The molecular weight excluding hydrogens is 306 g/mol. The number of H-pyrrole nitrogens is 1. The summed E-state index contributed by atoms with van der Waals surface area (Å²) in [5.41, 5.74) is 9.64. The molecule has 0 aliphatic rings. The van der Waals surface area contributed by atoms with Crippen molar-refractivity contribution in [3.63, 3.8) is 0 Å². The Balaban J connectivity index is 1.71. The highest BCUT2D eigenvalue weighted by molar-refractivity contribution is 7.99. The Hall–Kier alpha value is -2.32. The number of hydrazone groups is 1. The van der Waals surface area contributed by atoms with Crippen LogP contribution in [0.25, 0.3) is 11.0 Å². The van der Waals surface area contributed by atoms with E-state index in [9.17, 15) is 0 Å². The molecule has 8 heteroatoms. The average molecular weight is 317 g/mol. The van der Waals surface area contributed by atoms with Crippen molar-refractivity contribution >= 4 is 46.3 Å². The van der Waals surface area contributed by atoms with Gasteiger partial charge in [0.05, 0.1) is 17.2 Å². The first-order chi connectivity index (χ1) is 10.2. The van der Waals surface area contributed by atoms with Gasteiger partial charge >= 0.3 is 0 Å². The van der Waals surface area contributed by atoms with E-state index in [4.69, 9.17) is 10.2 Å². The Morgan fingerprint density at radius 2 is 2.24 bits per heavy atom. The number of furan rings is 1. The van der Waals surface area contributed by atoms with Gasteiger partial charge in [-0.3, -0.25) is 5.43 Å². The summed E-state index contributed by atoms with van der Waals surface area (Å²) in [6.07, 6.45) is 1.50. The first-order valence-electron chi connectivity index (χ1n) is 6.02. The summed E-state index contributed by atoms with van der Waals surface area (Å²) in [5, 5.41) is 5.42. The van der Waals surface area contributed by atoms with E-state index in [-0.39, 0.29) is 5.11 Å². The number of rotatable bonds is 4. The molecule has 0 saturated heterocycles. The Morgan fingerprint density at radius 1 is 1.38 bits per heavy atom. The Kier molecular flexibility index (Phi) is 3.89. The Labute approximate surface area is 129 Å². The van der Waals surface area contributed by atoms with Crippen LogP contribution in [0.1, 0.15) is 5.76 Å². The number of fused-ring (bicyclic) bond motifs is 1. The molecule has 3 rings (SSSR count). The standard InChI is InChI=1S/C13H11N5OS2/c14-12(20)18-15-7-8-5-6-11(19-8)21-13-16-9-3-1-2-4-10(9)17-13/h1-7H,(H,16,17)(H3,14,18,20)/b15-7-. The monoisotopic (exact) mass is 317 g/mol. The maximum Gasteiger partial charge on any atom is 0.184 e. The summed E-state index contributed by atoms with van der Waals surface area (Å²) in [5.74, 6) is 0.595. The molecule has 4 N–H and O–H groups in total. The molecule has 1 aromatic carbocycles. The smallest absolute Gasteiger partial charge is 0.184 e. The number of hydrogen-bond donors (Lipinski definition) is 3. The fraction of sp³-hybridized carbons (Fsp3) is 0. The minimum absolute atomic E-state index is 0.106. The molecule has 0 atom stereocenters. The fourth-order valence-electron chi connectivity index (χ4n) is 1.69. The molecule has 21 heavy (non-hydrogen) atoms. The van der Waals surface area contributed by atoms with E-state index in [1.54, 1.807) is 6.07 Å². The molecule has 0 spiro atoms. The third-order valence-corrected chi connectivity index (χ3v) is 3.43. The van der Waals surface area contributed by atoms with Gasteiger partial charge in [0.25, 0.3) is 0 Å². The van der Waals surface area contributed by atoms with E-state index < -0.39 is 0 Å². The van der Waals surface area contributed by atoms with Crippen LogP contribution in [0, 0.1) is 0 Å². The number of benzene rings is 1.